The number of hydrogen-bond acceptors (Lipinski definition) is 2. The Labute approximate surface area is 122 Å². The lowest BCUT2D eigenvalue weighted by Gasteiger charge is -2.23. The molecule has 0 aliphatic heterocycles. The zero-order chi connectivity index (χ0) is 13.3. The number of pyridine rings is 1. The maximum Gasteiger partial charge on any atom is 0.0735 e. The molecule has 0 unspecified atom stereocenters. The number of allylic oxidation sites excluding steroid dienone is 1. The third-order valence-electron chi connectivity index (χ3n) is 3.17. The van der Waals surface area contributed by atoms with Crippen LogP contribution in [0.3, 0.4) is 0 Å². The van der Waals surface area contributed by atoms with E-state index in [1.807, 2.05) is 13.1 Å². The Morgan fingerprint density at radius 3 is 2.67 bits per heavy atom. The van der Waals surface area contributed by atoms with E-state index in [1.165, 1.54) is 3.57 Å². The second-order valence-corrected chi connectivity index (χ2v) is 6.14. The highest BCUT2D eigenvalue weighted by Gasteiger charge is 2.22. The first-order valence-corrected chi connectivity index (χ1v) is 6.98. The van der Waals surface area contributed by atoms with Gasteiger partial charge in [0, 0.05) is 21.4 Å². The monoisotopic (exact) mass is 352 g/mol. The lowest BCUT2D eigenvalue weighted by atomic mass is 9.87. The van der Waals surface area contributed by atoms with Crippen molar-refractivity contribution < 1.29 is 0 Å². The fourth-order valence-electron chi connectivity index (χ4n) is 1.93. The number of aromatic nitrogens is 1. The van der Waals surface area contributed by atoms with Crippen molar-refractivity contribution in [2.24, 2.45) is 0 Å². The van der Waals surface area contributed by atoms with Gasteiger partial charge in [0.25, 0.3) is 0 Å². The van der Waals surface area contributed by atoms with Gasteiger partial charge < -0.3 is 5.32 Å². The van der Waals surface area contributed by atoms with Crippen LogP contribution in [0.1, 0.15) is 19.5 Å². The predicted octanol–water partition coefficient (Wildman–Crippen LogP) is 4.34. The van der Waals surface area contributed by atoms with Crippen LogP contribution in [-0.2, 0) is 5.41 Å². The summed E-state index contributed by atoms with van der Waals surface area (Å²) in [5.41, 5.74) is 2.98. The summed E-state index contributed by atoms with van der Waals surface area (Å²) in [7, 11) is 1.93. The minimum absolute atomic E-state index is 0.143. The van der Waals surface area contributed by atoms with E-state index < -0.39 is 0 Å². The SMILES string of the molecule is C=CC(C)(C)c1nc2ccc(I)cc2cc1NC. The van der Waals surface area contributed by atoms with Crippen molar-refractivity contribution in [2.75, 3.05) is 12.4 Å². The van der Waals surface area contributed by atoms with Gasteiger partial charge in [-0.3, -0.25) is 0 Å². The molecule has 1 aromatic carbocycles. The molecule has 1 N–H and O–H groups in total. The highest BCUT2D eigenvalue weighted by Crippen LogP contribution is 2.32. The Kier molecular flexibility index (Phi) is 3.61. The number of anilines is 1. The van der Waals surface area contributed by atoms with Gasteiger partial charge in [-0.05, 0) is 46.9 Å². The van der Waals surface area contributed by atoms with Crippen LogP contribution in [0.4, 0.5) is 5.69 Å². The van der Waals surface area contributed by atoms with Crippen molar-refractivity contribution in [1.29, 1.82) is 0 Å². The van der Waals surface area contributed by atoms with Crippen molar-refractivity contribution >= 4 is 39.2 Å². The standard InChI is InChI=1S/C15H17IN2/c1-5-15(2,3)14-13(17-4)9-10-8-11(16)6-7-12(10)18-14/h5-9,17H,1H2,2-4H3. The fourth-order valence-corrected chi connectivity index (χ4v) is 2.44. The van der Waals surface area contributed by atoms with Gasteiger partial charge in [0.1, 0.15) is 0 Å². The number of halogens is 1. The van der Waals surface area contributed by atoms with Crippen LogP contribution in [0.15, 0.2) is 36.9 Å². The quantitative estimate of drug-likeness (QED) is 0.656. The zero-order valence-electron chi connectivity index (χ0n) is 10.9. The smallest absolute Gasteiger partial charge is 0.0735 e. The van der Waals surface area contributed by atoms with E-state index in [2.05, 4.69) is 72.6 Å². The minimum atomic E-state index is -0.143. The normalized spacial score (nSPS) is 11.6. The van der Waals surface area contributed by atoms with Gasteiger partial charge in [-0.2, -0.15) is 0 Å². The fraction of sp³-hybridized carbons (Fsp3) is 0.267. The number of nitrogens with zero attached hydrogens (tertiary/aromatic N) is 1. The Balaban J connectivity index is 2.74. The van der Waals surface area contributed by atoms with Crippen LogP contribution in [0.2, 0.25) is 0 Å². The van der Waals surface area contributed by atoms with E-state index in [-0.39, 0.29) is 5.41 Å². The van der Waals surface area contributed by atoms with Gasteiger partial charge in [-0.1, -0.05) is 19.9 Å². The first-order chi connectivity index (χ1) is 8.47. The van der Waals surface area contributed by atoms with Crippen molar-refractivity contribution in [2.45, 2.75) is 19.3 Å². The summed E-state index contributed by atoms with van der Waals surface area (Å²) in [6.07, 6.45) is 1.94. The van der Waals surface area contributed by atoms with Crippen molar-refractivity contribution in [3.8, 4) is 0 Å². The molecule has 2 nitrogen and oxygen atoms in total. The average molecular weight is 352 g/mol. The number of fused-ring (bicyclic) bond motifs is 1. The largest absolute Gasteiger partial charge is 0.387 e. The predicted molar refractivity (Wildman–Crippen MR) is 87.2 cm³/mol. The lowest BCUT2D eigenvalue weighted by Crippen LogP contribution is -2.17. The molecule has 0 bridgehead atoms. The minimum Gasteiger partial charge on any atom is -0.387 e. The third kappa shape index (κ3) is 2.36. The van der Waals surface area contributed by atoms with Gasteiger partial charge in [0.05, 0.1) is 16.9 Å². The molecule has 2 rings (SSSR count). The first kappa shape index (κ1) is 13.3. The first-order valence-electron chi connectivity index (χ1n) is 5.90. The molecule has 0 aliphatic rings. The number of hydrogen-bond donors (Lipinski definition) is 1. The second-order valence-electron chi connectivity index (χ2n) is 4.90. The molecule has 0 aliphatic carbocycles. The highest BCUT2D eigenvalue weighted by molar-refractivity contribution is 14.1. The van der Waals surface area contributed by atoms with Gasteiger partial charge in [-0.15, -0.1) is 6.58 Å². The Bertz CT molecular complexity index is 603. The van der Waals surface area contributed by atoms with Gasteiger partial charge in [-0.25, -0.2) is 4.98 Å². The molecule has 3 heteroatoms. The molecule has 1 aromatic heterocycles. The van der Waals surface area contributed by atoms with E-state index in [1.54, 1.807) is 0 Å². The molecule has 1 heterocycles. The maximum atomic E-state index is 4.79. The van der Waals surface area contributed by atoms with E-state index in [4.69, 9.17) is 4.98 Å². The van der Waals surface area contributed by atoms with Crippen molar-refractivity contribution in [1.82, 2.24) is 4.98 Å². The van der Waals surface area contributed by atoms with Gasteiger partial charge in [0.2, 0.25) is 0 Å². The molecular weight excluding hydrogens is 335 g/mol. The highest BCUT2D eigenvalue weighted by atomic mass is 127. The second kappa shape index (κ2) is 4.88. The van der Waals surface area contributed by atoms with Crippen molar-refractivity contribution in [3.63, 3.8) is 0 Å². The molecule has 0 saturated carbocycles. The maximum absolute atomic E-state index is 4.79. The van der Waals surface area contributed by atoms with Crippen molar-refractivity contribution in [3.05, 3.63) is 46.2 Å². The van der Waals surface area contributed by atoms with E-state index in [9.17, 15) is 0 Å². The zero-order valence-corrected chi connectivity index (χ0v) is 13.1. The molecule has 2 aromatic rings. The van der Waals surface area contributed by atoms with E-state index in [0.29, 0.717) is 0 Å². The summed E-state index contributed by atoms with van der Waals surface area (Å²) in [5.74, 6) is 0. The molecule has 0 spiro atoms. The van der Waals surface area contributed by atoms with E-state index >= 15 is 0 Å². The number of rotatable bonds is 3. The average Bonchev–Trinajstić information content (AvgIpc) is 2.36. The summed E-state index contributed by atoms with van der Waals surface area (Å²) < 4.78 is 1.22. The summed E-state index contributed by atoms with van der Waals surface area (Å²) in [5, 5.41) is 4.40. The molecule has 0 amide bonds. The van der Waals surface area contributed by atoms with Crippen LogP contribution < -0.4 is 5.32 Å². The molecule has 0 atom stereocenters. The van der Waals surface area contributed by atoms with Gasteiger partial charge in [0.15, 0.2) is 0 Å². The van der Waals surface area contributed by atoms with Crippen LogP contribution in [0.25, 0.3) is 10.9 Å². The molecule has 0 saturated heterocycles. The number of nitrogens with one attached hydrogen (secondary N) is 1. The van der Waals surface area contributed by atoms with E-state index in [0.717, 1.165) is 22.3 Å². The van der Waals surface area contributed by atoms with Crippen LogP contribution in [-0.4, -0.2) is 12.0 Å². The Morgan fingerprint density at radius 1 is 1.33 bits per heavy atom. The molecule has 0 fully saturated rings. The molecule has 94 valence electrons. The topological polar surface area (TPSA) is 24.9 Å². The Morgan fingerprint density at radius 2 is 2.06 bits per heavy atom. The Hall–Kier alpha value is -1.10. The number of benzene rings is 1. The summed E-state index contributed by atoms with van der Waals surface area (Å²) in [6, 6.07) is 8.46. The molecular formula is C15H17IN2. The lowest BCUT2D eigenvalue weighted by molar-refractivity contribution is 0.651. The van der Waals surface area contributed by atoms with Gasteiger partial charge >= 0.3 is 0 Å². The summed E-state index contributed by atoms with van der Waals surface area (Å²) >= 11 is 2.32. The summed E-state index contributed by atoms with van der Waals surface area (Å²) in [4.78, 5) is 4.79. The van der Waals surface area contributed by atoms with Crippen LogP contribution in [0.5, 0.6) is 0 Å². The molecule has 18 heavy (non-hydrogen) atoms. The molecule has 0 radical (unpaired) electrons. The van der Waals surface area contributed by atoms with Crippen LogP contribution in [0, 0.1) is 3.57 Å². The third-order valence-corrected chi connectivity index (χ3v) is 3.84. The van der Waals surface area contributed by atoms with Crippen LogP contribution >= 0.6 is 22.6 Å². The summed E-state index contributed by atoms with van der Waals surface area (Å²) in [6.45, 7) is 8.16.